The molecule has 34 heavy (non-hydrogen) atoms. The molecule has 3 aliphatic heterocycles. The lowest BCUT2D eigenvalue weighted by Crippen LogP contribution is -2.45. The first-order valence-electron chi connectivity index (χ1n) is 11.5. The second kappa shape index (κ2) is 9.34. The lowest BCUT2D eigenvalue weighted by atomic mass is 9.74. The van der Waals surface area contributed by atoms with E-state index >= 15 is 0 Å². The van der Waals surface area contributed by atoms with Gasteiger partial charge in [-0.25, -0.2) is 0 Å². The predicted molar refractivity (Wildman–Crippen MR) is 124 cm³/mol. The van der Waals surface area contributed by atoms with E-state index in [-0.39, 0.29) is 49.3 Å². The van der Waals surface area contributed by atoms with Crippen LogP contribution >= 0.6 is 0 Å². The number of nitrogens with one attached hydrogen (secondary N) is 2. The zero-order valence-corrected chi connectivity index (χ0v) is 18.8. The van der Waals surface area contributed by atoms with E-state index in [2.05, 4.69) is 10.6 Å². The fourth-order valence-corrected chi connectivity index (χ4v) is 4.72. The molecular weight excluding hydrogens is 438 g/mol. The van der Waals surface area contributed by atoms with E-state index in [1.807, 2.05) is 24.3 Å². The van der Waals surface area contributed by atoms with Crippen LogP contribution in [0.15, 0.2) is 42.5 Å². The van der Waals surface area contributed by atoms with Gasteiger partial charge < -0.3 is 29.7 Å². The van der Waals surface area contributed by atoms with Crippen LogP contribution < -0.4 is 25.0 Å². The van der Waals surface area contributed by atoms with Crippen LogP contribution in [-0.2, 0) is 24.5 Å². The largest absolute Gasteiger partial charge is 0.454 e. The molecule has 3 aliphatic rings. The van der Waals surface area contributed by atoms with Crippen molar-refractivity contribution in [2.45, 2.75) is 31.1 Å². The van der Waals surface area contributed by atoms with E-state index in [9.17, 15) is 14.4 Å². The standard InChI is InChI=1S/C25H27N3O6/c29-22(7-8-24(31)28-14-23(30)27-18-3-1-2-4-19(18)28)26-15-25(9-11-32-12-10-25)17-5-6-20-21(13-17)34-16-33-20/h1-6,13H,7-12,14-16H2,(H,26,29)(H,27,30). The summed E-state index contributed by atoms with van der Waals surface area (Å²) < 4.78 is 16.5. The molecule has 9 heteroatoms. The molecule has 0 bridgehead atoms. The molecule has 1 saturated heterocycles. The minimum absolute atomic E-state index is 0.0214. The van der Waals surface area contributed by atoms with Gasteiger partial charge in [-0.15, -0.1) is 0 Å². The Morgan fingerprint density at radius 2 is 1.82 bits per heavy atom. The molecule has 2 aromatic carbocycles. The summed E-state index contributed by atoms with van der Waals surface area (Å²) in [4.78, 5) is 39.0. The second-order valence-electron chi connectivity index (χ2n) is 8.78. The molecule has 3 amide bonds. The SMILES string of the molecule is O=C(CCC(=O)N1CC(=O)Nc2ccccc21)NCC1(c2ccc3c(c2)OCO3)CCOCC1. The van der Waals surface area contributed by atoms with E-state index in [1.54, 1.807) is 18.2 Å². The lowest BCUT2D eigenvalue weighted by Gasteiger charge is -2.38. The van der Waals surface area contributed by atoms with E-state index < -0.39 is 0 Å². The van der Waals surface area contributed by atoms with Crippen molar-refractivity contribution in [3.63, 3.8) is 0 Å². The van der Waals surface area contributed by atoms with Gasteiger partial charge in [0.05, 0.1) is 11.4 Å². The molecule has 0 atom stereocenters. The molecule has 0 unspecified atom stereocenters. The molecule has 0 spiro atoms. The van der Waals surface area contributed by atoms with Crippen LogP contribution in [0.2, 0.25) is 0 Å². The summed E-state index contributed by atoms with van der Waals surface area (Å²) in [6.07, 6.45) is 1.61. The van der Waals surface area contributed by atoms with Crippen molar-refractivity contribution in [2.24, 2.45) is 0 Å². The average Bonchev–Trinajstić information content (AvgIpc) is 3.34. The highest BCUT2D eigenvalue weighted by molar-refractivity contribution is 6.10. The number of nitrogens with zero attached hydrogens (tertiary/aromatic N) is 1. The zero-order chi connectivity index (χ0) is 23.5. The number of anilines is 2. The first kappa shape index (κ1) is 22.2. The summed E-state index contributed by atoms with van der Waals surface area (Å²) in [5.41, 5.74) is 2.05. The van der Waals surface area contributed by atoms with Crippen molar-refractivity contribution in [3.8, 4) is 11.5 Å². The summed E-state index contributed by atoms with van der Waals surface area (Å²) >= 11 is 0. The lowest BCUT2D eigenvalue weighted by molar-refractivity contribution is -0.126. The van der Waals surface area contributed by atoms with E-state index in [0.29, 0.717) is 36.9 Å². The number of carbonyl (C=O) groups excluding carboxylic acids is 3. The Balaban J connectivity index is 1.21. The molecule has 0 saturated carbocycles. The van der Waals surface area contributed by atoms with Gasteiger partial charge in [0.15, 0.2) is 11.5 Å². The van der Waals surface area contributed by atoms with E-state index in [1.165, 1.54) is 4.90 Å². The summed E-state index contributed by atoms with van der Waals surface area (Å²) in [5.74, 6) is 0.734. The van der Waals surface area contributed by atoms with Crippen LogP contribution in [0.3, 0.4) is 0 Å². The molecule has 0 aliphatic carbocycles. The minimum Gasteiger partial charge on any atom is -0.454 e. The Hall–Kier alpha value is -3.59. The van der Waals surface area contributed by atoms with Gasteiger partial charge in [-0.2, -0.15) is 0 Å². The number of hydrogen-bond donors (Lipinski definition) is 2. The summed E-state index contributed by atoms with van der Waals surface area (Å²) in [6, 6.07) is 13.1. The van der Waals surface area contributed by atoms with Crippen molar-refractivity contribution in [3.05, 3.63) is 48.0 Å². The third-order valence-corrected chi connectivity index (χ3v) is 6.70. The summed E-state index contributed by atoms with van der Waals surface area (Å²) in [7, 11) is 0. The van der Waals surface area contributed by atoms with E-state index in [4.69, 9.17) is 14.2 Å². The highest BCUT2D eigenvalue weighted by atomic mass is 16.7. The molecule has 1 fully saturated rings. The van der Waals surface area contributed by atoms with Crippen LogP contribution in [0.5, 0.6) is 11.5 Å². The molecule has 178 valence electrons. The van der Waals surface area contributed by atoms with Gasteiger partial charge in [-0.05, 0) is 42.7 Å². The monoisotopic (exact) mass is 465 g/mol. The maximum Gasteiger partial charge on any atom is 0.244 e. The van der Waals surface area contributed by atoms with Gasteiger partial charge in [0.1, 0.15) is 6.54 Å². The number of amides is 3. The number of carbonyl (C=O) groups is 3. The van der Waals surface area contributed by atoms with Crippen LogP contribution in [0.25, 0.3) is 0 Å². The third-order valence-electron chi connectivity index (χ3n) is 6.70. The molecule has 0 aromatic heterocycles. The second-order valence-corrected chi connectivity index (χ2v) is 8.78. The first-order valence-corrected chi connectivity index (χ1v) is 11.5. The Kier molecular flexibility index (Phi) is 6.10. The van der Waals surface area contributed by atoms with Gasteiger partial charge in [0.2, 0.25) is 24.5 Å². The number of fused-ring (bicyclic) bond motifs is 2. The van der Waals surface area contributed by atoms with Gasteiger partial charge in [-0.3, -0.25) is 14.4 Å². The van der Waals surface area contributed by atoms with Crippen LogP contribution in [0.4, 0.5) is 11.4 Å². The Bertz CT molecular complexity index is 1110. The van der Waals surface area contributed by atoms with Crippen molar-refractivity contribution >= 4 is 29.1 Å². The van der Waals surface area contributed by atoms with Crippen LogP contribution in [0, 0.1) is 0 Å². The molecule has 5 rings (SSSR count). The highest BCUT2D eigenvalue weighted by Gasteiger charge is 2.36. The fourth-order valence-electron chi connectivity index (χ4n) is 4.72. The van der Waals surface area contributed by atoms with Crippen molar-refractivity contribution in [2.75, 3.05) is 43.3 Å². The zero-order valence-electron chi connectivity index (χ0n) is 18.8. The van der Waals surface area contributed by atoms with Crippen LogP contribution in [-0.4, -0.2) is 50.8 Å². The van der Waals surface area contributed by atoms with E-state index in [0.717, 1.165) is 24.2 Å². The molecule has 9 nitrogen and oxygen atoms in total. The van der Waals surface area contributed by atoms with Crippen molar-refractivity contribution in [1.82, 2.24) is 5.32 Å². The Morgan fingerprint density at radius 3 is 2.68 bits per heavy atom. The van der Waals surface area contributed by atoms with Crippen molar-refractivity contribution < 1.29 is 28.6 Å². The first-order chi connectivity index (χ1) is 16.5. The van der Waals surface area contributed by atoms with Gasteiger partial charge in [0.25, 0.3) is 0 Å². The number of ether oxygens (including phenoxy) is 3. The summed E-state index contributed by atoms with van der Waals surface area (Å²) in [6.45, 7) is 1.82. The quantitative estimate of drug-likeness (QED) is 0.679. The van der Waals surface area contributed by atoms with Crippen LogP contribution in [0.1, 0.15) is 31.2 Å². The molecular formula is C25H27N3O6. The number of hydrogen-bond acceptors (Lipinski definition) is 6. The van der Waals surface area contributed by atoms with Gasteiger partial charge in [-0.1, -0.05) is 18.2 Å². The van der Waals surface area contributed by atoms with Gasteiger partial charge in [0, 0.05) is 38.0 Å². The van der Waals surface area contributed by atoms with Gasteiger partial charge >= 0.3 is 0 Å². The highest BCUT2D eigenvalue weighted by Crippen LogP contribution is 2.40. The number of rotatable bonds is 6. The number of benzene rings is 2. The molecule has 0 radical (unpaired) electrons. The summed E-state index contributed by atoms with van der Waals surface area (Å²) in [5, 5.41) is 5.79. The topological polar surface area (TPSA) is 106 Å². The fraction of sp³-hybridized carbons (Fsp3) is 0.400. The molecule has 3 heterocycles. The maximum atomic E-state index is 12.8. The normalized spacial score (nSPS) is 18.1. The molecule has 2 N–H and O–H groups in total. The minimum atomic E-state index is -0.275. The number of para-hydroxylation sites is 2. The Morgan fingerprint density at radius 1 is 1.03 bits per heavy atom. The average molecular weight is 466 g/mol. The molecule has 2 aromatic rings. The smallest absolute Gasteiger partial charge is 0.244 e. The Labute approximate surface area is 197 Å². The van der Waals surface area contributed by atoms with Crippen molar-refractivity contribution in [1.29, 1.82) is 0 Å². The predicted octanol–water partition coefficient (Wildman–Crippen LogP) is 2.35. The maximum absolute atomic E-state index is 12.8. The third kappa shape index (κ3) is 4.43.